The molecule has 2 N–H and O–H groups in total. The standard InChI is InChI=1S/C7H5NO6S3/c9-16(10,11)5-1-2-7(17(12,13)14)6(3-5)8-4-15/h1-3H,(H,9,10,11)(H,12,13,14). The molecule has 0 radical (unpaired) electrons. The van der Waals surface area contributed by atoms with Crippen LogP contribution in [0.4, 0.5) is 5.69 Å². The van der Waals surface area contributed by atoms with E-state index in [2.05, 4.69) is 17.2 Å². The maximum Gasteiger partial charge on any atom is 0.296 e. The third kappa shape index (κ3) is 3.40. The fraction of sp³-hybridized carbons (Fsp3) is 0. The maximum absolute atomic E-state index is 10.9. The Morgan fingerprint density at radius 2 is 1.71 bits per heavy atom. The van der Waals surface area contributed by atoms with Crippen LogP contribution in [0, 0.1) is 0 Å². The molecule has 1 rings (SSSR count). The molecule has 0 aromatic heterocycles. The first kappa shape index (κ1) is 13.9. The Hall–Kier alpha value is -1.16. The summed E-state index contributed by atoms with van der Waals surface area (Å²) in [5.41, 5.74) is -0.433. The fourth-order valence-electron chi connectivity index (χ4n) is 1.01. The summed E-state index contributed by atoms with van der Waals surface area (Å²) in [7, 11) is -9.08. The number of benzene rings is 1. The van der Waals surface area contributed by atoms with E-state index >= 15 is 0 Å². The molecule has 0 bridgehead atoms. The molecule has 0 spiro atoms. The number of hydrogen-bond donors (Lipinski definition) is 2. The fourth-order valence-corrected chi connectivity index (χ4v) is 2.22. The van der Waals surface area contributed by atoms with Crippen LogP contribution < -0.4 is 0 Å². The summed E-state index contributed by atoms with van der Waals surface area (Å²) in [5, 5.41) is 1.83. The number of isothiocyanates is 1. The van der Waals surface area contributed by atoms with Crippen LogP contribution in [0.2, 0.25) is 0 Å². The van der Waals surface area contributed by atoms with Crippen molar-refractivity contribution in [2.75, 3.05) is 0 Å². The van der Waals surface area contributed by atoms with Crippen LogP contribution in [0.25, 0.3) is 0 Å². The van der Waals surface area contributed by atoms with E-state index in [1.54, 1.807) is 0 Å². The van der Waals surface area contributed by atoms with Gasteiger partial charge in [0, 0.05) is 0 Å². The van der Waals surface area contributed by atoms with Crippen molar-refractivity contribution in [3.8, 4) is 0 Å². The molecule has 0 fully saturated rings. The van der Waals surface area contributed by atoms with Gasteiger partial charge in [-0.2, -0.15) is 21.8 Å². The summed E-state index contributed by atoms with van der Waals surface area (Å²) in [4.78, 5) is 2.09. The lowest BCUT2D eigenvalue weighted by molar-refractivity contribution is 0.478. The molecule has 7 nitrogen and oxygen atoms in total. The number of rotatable bonds is 3. The summed E-state index contributed by atoms with van der Waals surface area (Å²) in [6.07, 6.45) is 0. The van der Waals surface area contributed by atoms with E-state index in [9.17, 15) is 16.8 Å². The van der Waals surface area contributed by atoms with Gasteiger partial charge in [0.25, 0.3) is 20.2 Å². The Labute approximate surface area is 102 Å². The first-order valence-corrected chi connectivity index (χ1v) is 7.12. The SMILES string of the molecule is O=S(=O)(O)c1ccc(S(=O)(=O)O)c(N=C=S)c1. The maximum atomic E-state index is 10.9. The second-order valence-electron chi connectivity index (χ2n) is 2.78. The Bertz CT molecular complexity index is 699. The highest BCUT2D eigenvalue weighted by Crippen LogP contribution is 2.26. The van der Waals surface area contributed by atoms with Crippen molar-refractivity contribution in [2.45, 2.75) is 9.79 Å². The van der Waals surface area contributed by atoms with Crippen molar-refractivity contribution in [3.05, 3.63) is 18.2 Å². The Morgan fingerprint density at radius 3 is 2.12 bits per heavy atom. The predicted molar refractivity (Wildman–Crippen MR) is 60.8 cm³/mol. The van der Waals surface area contributed by atoms with Gasteiger partial charge in [-0.1, -0.05) is 0 Å². The highest BCUT2D eigenvalue weighted by molar-refractivity contribution is 7.86. The zero-order valence-corrected chi connectivity index (χ0v) is 10.4. The molecule has 0 amide bonds. The second-order valence-corrected chi connectivity index (χ2v) is 5.78. The minimum absolute atomic E-state index is 0.433. The molecule has 92 valence electrons. The van der Waals surface area contributed by atoms with E-state index in [4.69, 9.17) is 9.11 Å². The molecule has 1 aromatic carbocycles. The largest absolute Gasteiger partial charge is 0.296 e. The van der Waals surface area contributed by atoms with Crippen molar-refractivity contribution in [2.24, 2.45) is 4.99 Å². The van der Waals surface area contributed by atoms with Crippen molar-refractivity contribution < 1.29 is 25.9 Å². The summed E-state index contributed by atoms with van der Waals surface area (Å²) in [6, 6.07) is 2.34. The highest BCUT2D eigenvalue weighted by Gasteiger charge is 2.19. The van der Waals surface area contributed by atoms with Crippen LogP contribution in [-0.2, 0) is 20.2 Å². The molecule has 0 saturated heterocycles. The van der Waals surface area contributed by atoms with Gasteiger partial charge in [-0.15, -0.1) is 0 Å². The number of aliphatic imine (C=N–C) groups is 1. The Kier molecular flexibility index (Phi) is 3.77. The smallest absolute Gasteiger partial charge is 0.282 e. The van der Waals surface area contributed by atoms with Crippen molar-refractivity contribution in [1.82, 2.24) is 0 Å². The summed E-state index contributed by atoms with van der Waals surface area (Å²) < 4.78 is 61.0. The van der Waals surface area contributed by atoms with E-state index in [0.29, 0.717) is 0 Å². The summed E-state index contributed by atoms with van der Waals surface area (Å²) in [5.74, 6) is 0. The topological polar surface area (TPSA) is 121 Å². The van der Waals surface area contributed by atoms with Crippen LogP contribution in [0.5, 0.6) is 0 Å². The molecule has 0 saturated carbocycles. The molecule has 10 heteroatoms. The van der Waals surface area contributed by atoms with Gasteiger partial charge < -0.3 is 0 Å². The number of nitrogens with zero attached hydrogens (tertiary/aromatic N) is 1. The molecule has 1 aromatic rings. The van der Waals surface area contributed by atoms with Gasteiger partial charge in [0.05, 0.1) is 15.7 Å². The molecule has 0 aliphatic carbocycles. The van der Waals surface area contributed by atoms with Crippen molar-refractivity contribution in [1.29, 1.82) is 0 Å². The van der Waals surface area contributed by atoms with E-state index in [1.807, 2.05) is 5.16 Å². The van der Waals surface area contributed by atoms with Crippen LogP contribution in [0.3, 0.4) is 0 Å². The van der Waals surface area contributed by atoms with E-state index in [1.165, 1.54) is 0 Å². The molecule has 17 heavy (non-hydrogen) atoms. The molecule has 0 unspecified atom stereocenters. The average molecular weight is 295 g/mol. The zero-order valence-electron chi connectivity index (χ0n) is 7.93. The minimum Gasteiger partial charge on any atom is -0.282 e. The van der Waals surface area contributed by atoms with Crippen LogP contribution >= 0.6 is 12.2 Å². The number of hydrogen-bond acceptors (Lipinski definition) is 6. The van der Waals surface area contributed by atoms with E-state index < -0.39 is 35.7 Å². The van der Waals surface area contributed by atoms with Gasteiger partial charge in [0.2, 0.25) is 0 Å². The molecule has 0 heterocycles. The van der Waals surface area contributed by atoms with Crippen LogP contribution in [0.15, 0.2) is 33.0 Å². The third-order valence-electron chi connectivity index (χ3n) is 1.67. The van der Waals surface area contributed by atoms with Gasteiger partial charge in [0.15, 0.2) is 0 Å². The lowest BCUT2D eigenvalue weighted by Crippen LogP contribution is -2.02. The predicted octanol–water partition coefficient (Wildman–Crippen LogP) is 0.914. The molecule has 0 aliphatic heterocycles. The van der Waals surface area contributed by atoms with Gasteiger partial charge in [0.1, 0.15) is 4.90 Å². The minimum atomic E-state index is -4.57. The molecular weight excluding hydrogens is 290 g/mol. The Morgan fingerprint density at radius 1 is 1.12 bits per heavy atom. The second kappa shape index (κ2) is 4.61. The third-order valence-corrected chi connectivity index (χ3v) is 3.51. The van der Waals surface area contributed by atoms with E-state index in [-0.39, 0.29) is 0 Å². The first-order valence-electron chi connectivity index (χ1n) is 3.83. The molecule has 0 atom stereocenters. The van der Waals surface area contributed by atoms with Gasteiger partial charge in [-0.05, 0) is 30.4 Å². The molecular formula is C7H5NO6S3. The zero-order chi connectivity index (χ0) is 13.3. The lowest BCUT2D eigenvalue weighted by atomic mass is 10.3. The first-order chi connectivity index (χ1) is 7.66. The summed E-state index contributed by atoms with van der Waals surface area (Å²) in [6.45, 7) is 0. The summed E-state index contributed by atoms with van der Waals surface area (Å²) >= 11 is 4.25. The molecule has 0 aliphatic rings. The number of thiocarbonyl (C=S) groups is 1. The Balaban J connectivity index is 3.65. The van der Waals surface area contributed by atoms with Crippen molar-refractivity contribution in [3.63, 3.8) is 0 Å². The van der Waals surface area contributed by atoms with Gasteiger partial charge in [-0.3, -0.25) is 9.11 Å². The highest BCUT2D eigenvalue weighted by atomic mass is 32.2. The van der Waals surface area contributed by atoms with Crippen LogP contribution in [-0.4, -0.2) is 31.1 Å². The van der Waals surface area contributed by atoms with Crippen LogP contribution in [0.1, 0.15) is 0 Å². The monoisotopic (exact) mass is 295 g/mol. The van der Waals surface area contributed by atoms with Gasteiger partial charge in [-0.25, -0.2) is 0 Å². The quantitative estimate of drug-likeness (QED) is 0.483. The van der Waals surface area contributed by atoms with Gasteiger partial charge >= 0.3 is 0 Å². The van der Waals surface area contributed by atoms with Crippen molar-refractivity contribution >= 4 is 43.3 Å². The average Bonchev–Trinajstić information content (AvgIpc) is 2.15. The lowest BCUT2D eigenvalue weighted by Gasteiger charge is -2.03. The normalized spacial score (nSPS) is 11.9. The van der Waals surface area contributed by atoms with E-state index in [0.717, 1.165) is 18.2 Å².